The zero-order valence-electron chi connectivity index (χ0n) is 9.95. The molecular weight excluding hydrogens is 220 g/mol. The van der Waals surface area contributed by atoms with Crippen LogP contribution in [0.2, 0.25) is 0 Å². The van der Waals surface area contributed by atoms with E-state index in [2.05, 4.69) is 24.0 Å². The Morgan fingerprint density at radius 2 is 1.94 bits per heavy atom. The molecule has 16 heavy (non-hydrogen) atoms. The first kappa shape index (κ1) is 12.2. The fraction of sp³-hybridized carbons (Fsp3) is 0.917. The van der Waals surface area contributed by atoms with Crippen molar-refractivity contribution in [3.63, 3.8) is 0 Å². The van der Waals surface area contributed by atoms with Crippen molar-refractivity contribution in [1.29, 1.82) is 0 Å². The van der Waals surface area contributed by atoms with Crippen LogP contribution in [0.3, 0.4) is 0 Å². The van der Waals surface area contributed by atoms with E-state index in [1.165, 1.54) is 12.2 Å². The van der Waals surface area contributed by atoms with Crippen LogP contribution in [0.1, 0.15) is 39.0 Å². The van der Waals surface area contributed by atoms with E-state index >= 15 is 0 Å². The summed E-state index contributed by atoms with van der Waals surface area (Å²) in [6, 6.07) is 1.31. The molecule has 3 N–H and O–H groups in total. The summed E-state index contributed by atoms with van der Waals surface area (Å²) in [6.45, 7) is 2.30. The molecule has 1 saturated carbocycles. The molecule has 1 saturated heterocycles. The first-order valence-corrected chi connectivity index (χ1v) is 7.37. The number of nitrogens with one attached hydrogen (secondary N) is 1. The Morgan fingerprint density at radius 1 is 1.25 bits per heavy atom. The number of carbonyl (C=O) groups excluding carboxylic acids is 1. The van der Waals surface area contributed by atoms with Crippen LogP contribution in [0.25, 0.3) is 0 Å². The molecule has 1 heterocycles. The van der Waals surface area contributed by atoms with Gasteiger partial charge in [0.15, 0.2) is 0 Å². The predicted molar refractivity (Wildman–Crippen MR) is 68.4 cm³/mol. The number of carbonyl (C=O) groups is 1. The van der Waals surface area contributed by atoms with Gasteiger partial charge in [-0.1, -0.05) is 6.92 Å². The van der Waals surface area contributed by atoms with E-state index in [-0.39, 0.29) is 11.8 Å². The number of nitrogens with two attached hydrogens (primary N) is 1. The lowest BCUT2D eigenvalue weighted by atomic mass is 9.85. The van der Waals surface area contributed by atoms with E-state index in [1.807, 2.05) is 0 Å². The highest BCUT2D eigenvalue weighted by Crippen LogP contribution is 2.29. The summed E-state index contributed by atoms with van der Waals surface area (Å²) in [7, 11) is 0. The van der Waals surface area contributed by atoms with Gasteiger partial charge < -0.3 is 11.1 Å². The minimum absolute atomic E-state index is 0.108. The molecule has 2 fully saturated rings. The number of amides is 1. The zero-order valence-corrected chi connectivity index (χ0v) is 10.8. The van der Waals surface area contributed by atoms with Crippen LogP contribution in [-0.4, -0.2) is 29.0 Å². The summed E-state index contributed by atoms with van der Waals surface area (Å²) < 4.78 is 0. The average molecular weight is 242 g/mol. The fourth-order valence-electron chi connectivity index (χ4n) is 2.81. The lowest BCUT2D eigenvalue weighted by Gasteiger charge is -2.29. The van der Waals surface area contributed by atoms with Gasteiger partial charge in [0.2, 0.25) is 5.91 Å². The number of hydrogen-bond donors (Lipinski definition) is 2. The Kier molecular flexibility index (Phi) is 4.14. The van der Waals surface area contributed by atoms with Gasteiger partial charge in [0, 0.05) is 29.0 Å². The Morgan fingerprint density at radius 3 is 2.44 bits per heavy atom. The van der Waals surface area contributed by atoms with Gasteiger partial charge in [-0.05, 0) is 32.1 Å². The molecule has 92 valence electrons. The first-order valence-electron chi connectivity index (χ1n) is 6.32. The first-order chi connectivity index (χ1) is 7.65. The second kappa shape index (κ2) is 5.41. The van der Waals surface area contributed by atoms with Gasteiger partial charge in [0.25, 0.3) is 0 Å². The SMILES string of the molecule is CC1CC(NC2CCC(C(N)=O)CC2)CS1. The normalized spacial score (nSPS) is 39.8. The van der Waals surface area contributed by atoms with Crippen molar-refractivity contribution in [3.8, 4) is 0 Å². The summed E-state index contributed by atoms with van der Waals surface area (Å²) in [5, 5.41) is 4.54. The van der Waals surface area contributed by atoms with Crippen molar-refractivity contribution in [1.82, 2.24) is 5.32 Å². The molecule has 0 aromatic carbocycles. The minimum atomic E-state index is -0.108. The van der Waals surface area contributed by atoms with Crippen molar-refractivity contribution in [3.05, 3.63) is 0 Å². The average Bonchev–Trinajstić information content (AvgIpc) is 2.65. The fourth-order valence-corrected chi connectivity index (χ4v) is 3.97. The summed E-state index contributed by atoms with van der Waals surface area (Å²) >= 11 is 2.06. The molecule has 0 radical (unpaired) electrons. The summed E-state index contributed by atoms with van der Waals surface area (Å²) in [5.41, 5.74) is 5.33. The molecular formula is C12H22N2OS. The van der Waals surface area contributed by atoms with Crippen LogP contribution in [0, 0.1) is 5.92 Å². The molecule has 0 aromatic heterocycles. The van der Waals surface area contributed by atoms with Gasteiger partial charge in [-0.3, -0.25) is 4.79 Å². The van der Waals surface area contributed by atoms with Gasteiger partial charge in [-0.15, -0.1) is 0 Å². The number of primary amides is 1. The zero-order chi connectivity index (χ0) is 11.5. The second-order valence-corrected chi connectivity index (χ2v) is 6.67. The Balaban J connectivity index is 1.71. The quantitative estimate of drug-likeness (QED) is 0.789. The van der Waals surface area contributed by atoms with Crippen molar-refractivity contribution < 1.29 is 4.79 Å². The lowest BCUT2D eigenvalue weighted by molar-refractivity contribution is -0.122. The second-order valence-electron chi connectivity index (χ2n) is 5.19. The molecule has 1 aliphatic heterocycles. The van der Waals surface area contributed by atoms with Gasteiger partial charge in [0.05, 0.1) is 0 Å². The molecule has 0 aromatic rings. The van der Waals surface area contributed by atoms with E-state index in [0.29, 0.717) is 12.1 Å². The standard InChI is InChI=1S/C12H22N2OS/c1-8-6-11(7-16-8)14-10-4-2-9(3-5-10)12(13)15/h8-11,14H,2-7H2,1H3,(H2,13,15). The van der Waals surface area contributed by atoms with Crippen molar-refractivity contribution in [2.24, 2.45) is 11.7 Å². The third kappa shape index (κ3) is 3.14. The summed E-state index contributed by atoms with van der Waals surface area (Å²) in [4.78, 5) is 11.0. The molecule has 2 aliphatic rings. The van der Waals surface area contributed by atoms with E-state index in [9.17, 15) is 4.79 Å². The number of rotatable bonds is 3. The minimum Gasteiger partial charge on any atom is -0.369 e. The maximum atomic E-state index is 11.0. The van der Waals surface area contributed by atoms with Crippen LogP contribution >= 0.6 is 11.8 Å². The molecule has 1 amide bonds. The molecule has 1 aliphatic carbocycles. The maximum Gasteiger partial charge on any atom is 0.220 e. The van der Waals surface area contributed by atoms with Crippen molar-refractivity contribution >= 4 is 17.7 Å². The Hall–Kier alpha value is -0.220. The molecule has 0 spiro atoms. The Labute approximate surface area is 102 Å². The highest BCUT2D eigenvalue weighted by molar-refractivity contribution is 8.00. The Bertz CT molecular complexity index is 251. The molecule has 4 heteroatoms. The molecule has 2 unspecified atom stereocenters. The van der Waals surface area contributed by atoms with Crippen LogP contribution in [0.4, 0.5) is 0 Å². The van der Waals surface area contributed by atoms with Gasteiger partial charge >= 0.3 is 0 Å². The van der Waals surface area contributed by atoms with E-state index in [0.717, 1.165) is 30.9 Å². The van der Waals surface area contributed by atoms with Crippen LogP contribution in [0.5, 0.6) is 0 Å². The third-order valence-electron chi connectivity index (χ3n) is 3.80. The molecule has 3 nitrogen and oxygen atoms in total. The van der Waals surface area contributed by atoms with E-state index in [4.69, 9.17) is 5.73 Å². The van der Waals surface area contributed by atoms with Gasteiger partial charge in [0.1, 0.15) is 0 Å². The van der Waals surface area contributed by atoms with E-state index < -0.39 is 0 Å². The summed E-state index contributed by atoms with van der Waals surface area (Å²) in [5.74, 6) is 1.27. The van der Waals surface area contributed by atoms with Crippen molar-refractivity contribution in [2.45, 2.75) is 56.4 Å². The van der Waals surface area contributed by atoms with E-state index in [1.54, 1.807) is 0 Å². The van der Waals surface area contributed by atoms with Crippen LogP contribution < -0.4 is 11.1 Å². The van der Waals surface area contributed by atoms with Crippen LogP contribution in [-0.2, 0) is 4.79 Å². The van der Waals surface area contributed by atoms with Crippen LogP contribution in [0.15, 0.2) is 0 Å². The summed E-state index contributed by atoms with van der Waals surface area (Å²) in [6.07, 6.45) is 5.47. The highest BCUT2D eigenvalue weighted by Gasteiger charge is 2.28. The highest BCUT2D eigenvalue weighted by atomic mass is 32.2. The molecule has 2 atom stereocenters. The monoisotopic (exact) mass is 242 g/mol. The topological polar surface area (TPSA) is 55.1 Å². The number of thioether (sulfide) groups is 1. The predicted octanol–water partition coefficient (Wildman–Crippen LogP) is 1.51. The number of hydrogen-bond acceptors (Lipinski definition) is 3. The van der Waals surface area contributed by atoms with Gasteiger partial charge in [-0.25, -0.2) is 0 Å². The third-order valence-corrected chi connectivity index (χ3v) is 5.16. The lowest BCUT2D eigenvalue weighted by Crippen LogP contribution is -2.42. The largest absolute Gasteiger partial charge is 0.369 e. The smallest absolute Gasteiger partial charge is 0.220 e. The molecule has 2 rings (SSSR count). The van der Waals surface area contributed by atoms with Crippen molar-refractivity contribution in [2.75, 3.05) is 5.75 Å². The van der Waals surface area contributed by atoms with Gasteiger partial charge in [-0.2, -0.15) is 11.8 Å². The molecule has 0 bridgehead atoms. The maximum absolute atomic E-state index is 11.0.